The van der Waals surface area contributed by atoms with Gasteiger partial charge in [0.05, 0.1) is 12.0 Å². The first-order valence-electron chi connectivity index (χ1n) is 6.82. The summed E-state index contributed by atoms with van der Waals surface area (Å²) in [7, 11) is 0. The smallest absolute Gasteiger partial charge is 0.222 e. The van der Waals surface area contributed by atoms with Gasteiger partial charge in [0.15, 0.2) is 0 Å². The summed E-state index contributed by atoms with van der Waals surface area (Å²) in [6, 6.07) is 1.98. The Balaban J connectivity index is 2.52. The monoisotopic (exact) mass is 282 g/mol. The Hall–Kier alpha value is -1.49. The first-order valence-corrected chi connectivity index (χ1v) is 6.82. The molecule has 0 aromatic heterocycles. The SMILES string of the molecule is Cc1ccc(F)c(C2NC(C)CC(C)C2C(N)=O)c1F. The molecule has 1 saturated heterocycles. The van der Waals surface area contributed by atoms with E-state index in [9.17, 15) is 13.6 Å². The molecule has 1 amide bonds. The Morgan fingerprint density at radius 2 is 2.00 bits per heavy atom. The van der Waals surface area contributed by atoms with Crippen molar-refractivity contribution in [3.63, 3.8) is 0 Å². The molecule has 4 unspecified atom stereocenters. The lowest BCUT2D eigenvalue weighted by Gasteiger charge is -2.39. The van der Waals surface area contributed by atoms with Gasteiger partial charge < -0.3 is 11.1 Å². The molecule has 0 saturated carbocycles. The van der Waals surface area contributed by atoms with Crippen LogP contribution in [0.1, 0.15) is 37.4 Å². The Bertz CT molecular complexity index is 533. The van der Waals surface area contributed by atoms with Gasteiger partial charge in [-0.3, -0.25) is 4.79 Å². The summed E-state index contributed by atoms with van der Waals surface area (Å²) in [5.41, 5.74) is 5.73. The van der Waals surface area contributed by atoms with Gasteiger partial charge in [0.25, 0.3) is 0 Å². The van der Waals surface area contributed by atoms with Crippen molar-refractivity contribution in [2.24, 2.45) is 17.6 Å². The van der Waals surface area contributed by atoms with Crippen LogP contribution in [-0.4, -0.2) is 11.9 Å². The van der Waals surface area contributed by atoms with E-state index < -0.39 is 29.5 Å². The zero-order valence-electron chi connectivity index (χ0n) is 11.9. The lowest BCUT2D eigenvalue weighted by molar-refractivity contribution is -0.125. The summed E-state index contributed by atoms with van der Waals surface area (Å²) < 4.78 is 28.4. The molecule has 20 heavy (non-hydrogen) atoms. The molecule has 0 aliphatic carbocycles. The van der Waals surface area contributed by atoms with Crippen molar-refractivity contribution >= 4 is 5.91 Å². The number of carbonyl (C=O) groups excluding carboxylic acids is 1. The van der Waals surface area contributed by atoms with Crippen LogP contribution >= 0.6 is 0 Å². The van der Waals surface area contributed by atoms with Gasteiger partial charge in [-0.25, -0.2) is 8.78 Å². The van der Waals surface area contributed by atoms with Crippen LogP contribution in [-0.2, 0) is 4.79 Å². The third-order valence-electron chi connectivity index (χ3n) is 4.12. The van der Waals surface area contributed by atoms with Gasteiger partial charge >= 0.3 is 0 Å². The van der Waals surface area contributed by atoms with Crippen LogP contribution < -0.4 is 11.1 Å². The molecule has 1 aromatic carbocycles. The van der Waals surface area contributed by atoms with E-state index in [-0.39, 0.29) is 17.5 Å². The second-order valence-electron chi connectivity index (χ2n) is 5.78. The standard InChI is InChI=1S/C15H20F2N2O/c1-7-4-5-10(16)12(13(7)17)14-11(15(18)20)8(2)6-9(3)19-14/h4-5,8-9,11,14,19H,6H2,1-3H3,(H2,18,20). The highest BCUT2D eigenvalue weighted by Gasteiger charge is 2.40. The summed E-state index contributed by atoms with van der Waals surface area (Å²) in [4.78, 5) is 11.7. The van der Waals surface area contributed by atoms with Crippen LogP contribution in [0.4, 0.5) is 8.78 Å². The Labute approximate surface area is 117 Å². The van der Waals surface area contributed by atoms with E-state index in [4.69, 9.17) is 5.73 Å². The van der Waals surface area contributed by atoms with Crippen LogP contribution in [0, 0.1) is 30.4 Å². The van der Waals surface area contributed by atoms with Crippen molar-refractivity contribution < 1.29 is 13.6 Å². The quantitative estimate of drug-likeness (QED) is 0.875. The number of carbonyl (C=O) groups is 1. The molecular formula is C15H20F2N2O. The van der Waals surface area contributed by atoms with Gasteiger partial charge in [-0.1, -0.05) is 13.0 Å². The van der Waals surface area contributed by atoms with E-state index in [1.165, 1.54) is 12.1 Å². The predicted octanol–water partition coefficient (Wildman–Crippen LogP) is 2.43. The number of amides is 1. The van der Waals surface area contributed by atoms with E-state index in [1.54, 1.807) is 6.92 Å². The van der Waals surface area contributed by atoms with E-state index in [2.05, 4.69) is 5.32 Å². The summed E-state index contributed by atoms with van der Waals surface area (Å²) >= 11 is 0. The minimum atomic E-state index is -0.717. The minimum Gasteiger partial charge on any atom is -0.369 e. The fourth-order valence-electron chi connectivity index (χ4n) is 3.18. The molecular weight excluding hydrogens is 262 g/mol. The summed E-state index contributed by atoms with van der Waals surface area (Å²) in [6.07, 6.45) is 0.749. The highest BCUT2D eigenvalue weighted by atomic mass is 19.1. The van der Waals surface area contributed by atoms with Crippen molar-refractivity contribution in [2.45, 2.75) is 39.3 Å². The Morgan fingerprint density at radius 1 is 1.35 bits per heavy atom. The average molecular weight is 282 g/mol. The molecule has 4 atom stereocenters. The fraction of sp³-hybridized carbons (Fsp3) is 0.533. The van der Waals surface area contributed by atoms with Gasteiger partial charge in [0.2, 0.25) is 5.91 Å². The van der Waals surface area contributed by atoms with E-state index in [0.29, 0.717) is 5.56 Å². The number of rotatable bonds is 2. The molecule has 110 valence electrons. The molecule has 1 heterocycles. The first kappa shape index (κ1) is 14.9. The molecule has 2 rings (SSSR count). The molecule has 1 aliphatic rings. The minimum absolute atomic E-state index is 0.0203. The van der Waals surface area contributed by atoms with E-state index in [0.717, 1.165) is 6.42 Å². The van der Waals surface area contributed by atoms with Crippen molar-refractivity contribution in [3.8, 4) is 0 Å². The fourth-order valence-corrected chi connectivity index (χ4v) is 3.18. The number of hydrogen-bond acceptors (Lipinski definition) is 2. The largest absolute Gasteiger partial charge is 0.369 e. The zero-order valence-corrected chi connectivity index (χ0v) is 11.9. The van der Waals surface area contributed by atoms with Crippen molar-refractivity contribution in [2.75, 3.05) is 0 Å². The van der Waals surface area contributed by atoms with Crippen molar-refractivity contribution in [1.29, 1.82) is 0 Å². The molecule has 3 nitrogen and oxygen atoms in total. The van der Waals surface area contributed by atoms with Crippen molar-refractivity contribution in [3.05, 3.63) is 34.9 Å². The predicted molar refractivity (Wildman–Crippen MR) is 72.9 cm³/mol. The number of piperidine rings is 1. The van der Waals surface area contributed by atoms with Crippen LogP contribution in [0.25, 0.3) is 0 Å². The Morgan fingerprint density at radius 3 is 2.60 bits per heavy atom. The average Bonchev–Trinajstić information content (AvgIpc) is 2.33. The topological polar surface area (TPSA) is 55.1 Å². The van der Waals surface area contributed by atoms with Crippen LogP contribution in [0.3, 0.4) is 0 Å². The molecule has 1 aromatic rings. The van der Waals surface area contributed by atoms with Gasteiger partial charge in [-0.15, -0.1) is 0 Å². The van der Waals surface area contributed by atoms with Crippen LogP contribution in [0.15, 0.2) is 12.1 Å². The van der Waals surface area contributed by atoms with Gasteiger partial charge in [0, 0.05) is 11.6 Å². The summed E-state index contributed by atoms with van der Waals surface area (Å²) in [6.45, 7) is 5.41. The third-order valence-corrected chi connectivity index (χ3v) is 4.12. The second kappa shape index (κ2) is 5.48. The maximum Gasteiger partial charge on any atom is 0.222 e. The highest BCUT2D eigenvalue weighted by molar-refractivity contribution is 5.78. The third kappa shape index (κ3) is 2.54. The Kier molecular flexibility index (Phi) is 4.09. The molecule has 5 heteroatoms. The van der Waals surface area contributed by atoms with Crippen LogP contribution in [0.2, 0.25) is 0 Å². The number of benzene rings is 1. The second-order valence-corrected chi connectivity index (χ2v) is 5.78. The number of nitrogens with one attached hydrogen (secondary N) is 1. The first-order chi connectivity index (χ1) is 9.32. The van der Waals surface area contributed by atoms with Crippen LogP contribution in [0.5, 0.6) is 0 Å². The summed E-state index contributed by atoms with van der Waals surface area (Å²) in [5, 5.41) is 3.12. The summed E-state index contributed by atoms with van der Waals surface area (Å²) in [5.74, 6) is -2.40. The molecule has 0 radical (unpaired) electrons. The molecule has 3 N–H and O–H groups in total. The molecule has 0 spiro atoms. The zero-order chi connectivity index (χ0) is 15.0. The van der Waals surface area contributed by atoms with Gasteiger partial charge in [0.1, 0.15) is 11.6 Å². The molecule has 1 aliphatic heterocycles. The number of primary amides is 1. The molecule has 1 fully saturated rings. The van der Waals surface area contributed by atoms with Gasteiger partial charge in [-0.2, -0.15) is 0 Å². The number of hydrogen-bond donors (Lipinski definition) is 2. The number of nitrogens with two attached hydrogens (primary N) is 1. The lowest BCUT2D eigenvalue weighted by atomic mass is 9.76. The molecule has 0 bridgehead atoms. The highest BCUT2D eigenvalue weighted by Crippen LogP contribution is 2.38. The lowest BCUT2D eigenvalue weighted by Crippen LogP contribution is -2.49. The van der Waals surface area contributed by atoms with Gasteiger partial charge in [-0.05, 0) is 37.8 Å². The van der Waals surface area contributed by atoms with Crippen molar-refractivity contribution in [1.82, 2.24) is 5.32 Å². The van der Waals surface area contributed by atoms with E-state index >= 15 is 0 Å². The number of halogens is 2. The normalized spacial score (nSPS) is 30.2. The maximum atomic E-state index is 14.3. The number of aryl methyl sites for hydroxylation is 1. The maximum absolute atomic E-state index is 14.3. The van der Waals surface area contributed by atoms with E-state index in [1.807, 2.05) is 13.8 Å².